The number of Topliss-reactive ketones (excluding diaryl/α,β-unsaturated/α-hetero) is 1. The first-order valence-corrected chi connectivity index (χ1v) is 3.94. The molecule has 0 aliphatic carbocycles. The highest BCUT2D eigenvalue weighted by atomic mass is 16.5. The first-order chi connectivity index (χ1) is 5.70. The molecule has 0 atom stereocenters. The van der Waals surface area contributed by atoms with Crippen LogP contribution in [0, 0.1) is 0 Å². The van der Waals surface area contributed by atoms with Crippen LogP contribution in [0.15, 0.2) is 5.10 Å². The van der Waals surface area contributed by atoms with Gasteiger partial charge in [0.1, 0.15) is 5.78 Å². The summed E-state index contributed by atoms with van der Waals surface area (Å²) in [4.78, 5) is 10.6. The van der Waals surface area contributed by atoms with Crippen molar-refractivity contribution in [1.29, 1.82) is 0 Å². The van der Waals surface area contributed by atoms with Crippen LogP contribution in [0.5, 0.6) is 0 Å². The highest BCUT2D eigenvalue weighted by molar-refractivity contribution is 5.86. The molecule has 4 nitrogen and oxygen atoms in total. The van der Waals surface area contributed by atoms with E-state index in [0.717, 1.165) is 18.6 Å². The van der Waals surface area contributed by atoms with E-state index < -0.39 is 0 Å². The average Bonchev–Trinajstić information content (AvgIpc) is 2.02. The van der Waals surface area contributed by atoms with Gasteiger partial charge in [-0.1, -0.05) is 0 Å². The minimum absolute atomic E-state index is 0.198. The lowest BCUT2D eigenvalue weighted by atomic mass is 10.1. The monoisotopic (exact) mass is 172 g/mol. The topological polar surface area (TPSA) is 64.7 Å². The fourth-order valence-electron chi connectivity index (χ4n) is 0.882. The maximum atomic E-state index is 10.6. The summed E-state index contributed by atoms with van der Waals surface area (Å²) in [6.45, 7) is 2.03. The highest BCUT2D eigenvalue weighted by Crippen LogP contribution is 1.98. The van der Waals surface area contributed by atoms with Crippen molar-refractivity contribution in [3.63, 3.8) is 0 Å². The van der Waals surface area contributed by atoms with Crippen LogP contribution in [-0.2, 0) is 9.53 Å². The van der Waals surface area contributed by atoms with Crippen molar-refractivity contribution < 1.29 is 9.53 Å². The Kier molecular flexibility index (Phi) is 6.28. The molecule has 0 saturated carbocycles. The molecule has 70 valence electrons. The van der Waals surface area contributed by atoms with Crippen molar-refractivity contribution in [2.24, 2.45) is 10.9 Å². The second-order valence-corrected chi connectivity index (χ2v) is 2.68. The summed E-state index contributed by atoms with van der Waals surface area (Å²) in [5.41, 5.74) is 0.804. The molecule has 0 fully saturated rings. The van der Waals surface area contributed by atoms with Gasteiger partial charge in [0, 0.05) is 13.5 Å². The van der Waals surface area contributed by atoms with Gasteiger partial charge in [0.05, 0.1) is 12.3 Å². The quantitative estimate of drug-likeness (QED) is 0.364. The molecular weight excluding hydrogens is 156 g/mol. The zero-order valence-corrected chi connectivity index (χ0v) is 7.67. The summed E-state index contributed by atoms with van der Waals surface area (Å²) in [6, 6.07) is 0. The third kappa shape index (κ3) is 5.85. The number of carbonyl (C=O) groups is 1. The Labute approximate surface area is 72.8 Å². The fraction of sp³-hybridized carbons (Fsp3) is 0.750. The molecule has 12 heavy (non-hydrogen) atoms. The van der Waals surface area contributed by atoms with Crippen molar-refractivity contribution in [1.82, 2.24) is 0 Å². The number of hydrogen-bond donors (Lipinski definition) is 1. The molecule has 0 spiro atoms. The van der Waals surface area contributed by atoms with E-state index in [2.05, 4.69) is 5.10 Å². The Morgan fingerprint density at radius 2 is 2.17 bits per heavy atom. The van der Waals surface area contributed by atoms with E-state index in [9.17, 15) is 4.79 Å². The van der Waals surface area contributed by atoms with Gasteiger partial charge < -0.3 is 15.4 Å². The molecule has 0 amide bonds. The molecule has 0 aliphatic rings. The van der Waals surface area contributed by atoms with Crippen molar-refractivity contribution in [2.75, 3.05) is 13.7 Å². The van der Waals surface area contributed by atoms with Crippen LogP contribution < -0.4 is 5.84 Å². The van der Waals surface area contributed by atoms with E-state index in [1.165, 1.54) is 0 Å². The number of carbonyl (C=O) groups excluding carboxylic acids is 1. The van der Waals surface area contributed by atoms with Gasteiger partial charge in [-0.3, -0.25) is 0 Å². The molecule has 2 N–H and O–H groups in total. The molecule has 0 aromatic heterocycles. The van der Waals surface area contributed by atoms with Gasteiger partial charge in [-0.2, -0.15) is 5.10 Å². The predicted molar refractivity (Wildman–Crippen MR) is 48.0 cm³/mol. The number of hydrazone groups is 1. The van der Waals surface area contributed by atoms with Crippen LogP contribution >= 0.6 is 0 Å². The molecule has 0 aliphatic heterocycles. The normalized spacial score (nSPS) is 11.7. The second kappa shape index (κ2) is 6.79. The van der Waals surface area contributed by atoms with E-state index in [-0.39, 0.29) is 5.78 Å². The Morgan fingerprint density at radius 1 is 1.50 bits per heavy atom. The summed E-state index contributed by atoms with van der Waals surface area (Å²) in [5, 5.41) is 3.55. The van der Waals surface area contributed by atoms with E-state index in [1.54, 1.807) is 14.0 Å². The third-order valence-electron chi connectivity index (χ3n) is 1.49. The molecule has 0 radical (unpaired) electrons. The molecule has 0 bridgehead atoms. The largest absolute Gasteiger partial charge is 0.379 e. The lowest BCUT2D eigenvalue weighted by molar-refractivity contribution is -0.117. The smallest absolute Gasteiger partial charge is 0.129 e. The van der Waals surface area contributed by atoms with Crippen LogP contribution in [0.3, 0.4) is 0 Å². The maximum absolute atomic E-state index is 10.6. The predicted octanol–water partition coefficient (Wildman–Crippen LogP) is 0.707. The molecule has 4 heteroatoms. The van der Waals surface area contributed by atoms with Crippen molar-refractivity contribution in [3.8, 4) is 0 Å². The van der Waals surface area contributed by atoms with Crippen molar-refractivity contribution >= 4 is 11.5 Å². The number of hydrogen-bond acceptors (Lipinski definition) is 4. The Bertz CT molecular complexity index is 166. The zero-order chi connectivity index (χ0) is 9.40. The third-order valence-corrected chi connectivity index (χ3v) is 1.49. The lowest BCUT2D eigenvalue weighted by Gasteiger charge is -2.01. The standard InChI is InChI=1S/C8H16N2O2/c1-7(11)4-3-5-8(10-9)6-12-2/h3-6,9H2,1-2H3/b10-8+. The number of ether oxygens (including phenoxy) is 1. The Balaban J connectivity index is 3.52. The van der Waals surface area contributed by atoms with E-state index in [4.69, 9.17) is 10.6 Å². The first kappa shape index (κ1) is 11.1. The molecule has 0 aromatic carbocycles. The SMILES string of the molecule is COC/C(CCCC(C)=O)=N/N. The van der Waals surface area contributed by atoms with Gasteiger partial charge in [0.15, 0.2) is 0 Å². The maximum Gasteiger partial charge on any atom is 0.129 e. The fourth-order valence-corrected chi connectivity index (χ4v) is 0.882. The molecule has 0 unspecified atom stereocenters. The van der Waals surface area contributed by atoms with Gasteiger partial charge in [-0.05, 0) is 19.8 Å². The summed E-state index contributed by atoms with van der Waals surface area (Å²) < 4.78 is 4.86. The lowest BCUT2D eigenvalue weighted by Crippen LogP contribution is -2.10. The van der Waals surface area contributed by atoms with Crippen LogP contribution in [0.1, 0.15) is 26.2 Å². The number of nitrogens with two attached hydrogens (primary N) is 1. The molecule has 0 aromatic rings. The van der Waals surface area contributed by atoms with Crippen LogP contribution in [-0.4, -0.2) is 25.2 Å². The van der Waals surface area contributed by atoms with Crippen LogP contribution in [0.2, 0.25) is 0 Å². The Morgan fingerprint density at radius 3 is 2.58 bits per heavy atom. The summed E-state index contributed by atoms with van der Waals surface area (Å²) in [7, 11) is 1.59. The minimum atomic E-state index is 0.198. The van der Waals surface area contributed by atoms with Gasteiger partial charge in [-0.15, -0.1) is 0 Å². The van der Waals surface area contributed by atoms with E-state index in [1.807, 2.05) is 0 Å². The zero-order valence-electron chi connectivity index (χ0n) is 7.67. The van der Waals surface area contributed by atoms with E-state index >= 15 is 0 Å². The number of rotatable bonds is 6. The molecule has 0 heterocycles. The molecule has 0 rings (SSSR count). The Hall–Kier alpha value is -0.900. The first-order valence-electron chi connectivity index (χ1n) is 3.94. The molecule has 0 saturated heterocycles. The minimum Gasteiger partial charge on any atom is -0.379 e. The van der Waals surface area contributed by atoms with Gasteiger partial charge in [0.2, 0.25) is 0 Å². The van der Waals surface area contributed by atoms with Crippen LogP contribution in [0.4, 0.5) is 0 Å². The van der Waals surface area contributed by atoms with Crippen molar-refractivity contribution in [2.45, 2.75) is 26.2 Å². The van der Waals surface area contributed by atoms with Gasteiger partial charge in [0.25, 0.3) is 0 Å². The highest BCUT2D eigenvalue weighted by Gasteiger charge is 1.99. The van der Waals surface area contributed by atoms with Gasteiger partial charge >= 0.3 is 0 Å². The molecular formula is C8H16N2O2. The second-order valence-electron chi connectivity index (χ2n) is 2.68. The number of methoxy groups -OCH3 is 1. The van der Waals surface area contributed by atoms with E-state index in [0.29, 0.717) is 13.0 Å². The summed E-state index contributed by atoms with van der Waals surface area (Å²) in [5.74, 6) is 5.30. The van der Waals surface area contributed by atoms with Crippen LogP contribution in [0.25, 0.3) is 0 Å². The van der Waals surface area contributed by atoms with Gasteiger partial charge in [-0.25, -0.2) is 0 Å². The van der Waals surface area contributed by atoms with Crippen molar-refractivity contribution in [3.05, 3.63) is 0 Å². The summed E-state index contributed by atoms with van der Waals surface area (Å²) >= 11 is 0. The number of ketones is 1. The average molecular weight is 172 g/mol. The summed E-state index contributed by atoms with van der Waals surface area (Å²) in [6.07, 6.45) is 2.13. The number of nitrogens with zero attached hydrogens (tertiary/aromatic N) is 1.